The van der Waals surface area contributed by atoms with Gasteiger partial charge in [-0.05, 0) is 26.7 Å². The number of hydrogen-bond donors (Lipinski definition) is 0. The number of thioether (sulfide) groups is 1. The molecule has 1 atom stereocenters. The lowest BCUT2D eigenvalue weighted by molar-refractivity contribution is 0.205. The number of carbonyl (C=O) groups excluding carboxylic acids is 1. The summed E-state index contributed by atoms with van der Waals surface area (Å²) in [6.45, 7) is 11.6. The van der Waals surface area contributed by atoms with Crippen LogP contribution in [-0.4, -0.2) is 27.5 Å². The van der Waals surface area contributed by atoms with Crippen LogP contribution in [-0.2, 0) is 0 Å². The molecular formula is C10H19NOS. The molecule has 0 radical (unpaired) electrons. The lowest BCUT2D eigenvalue weighted by Gasteiger charge is -2.28. The minimum atomic E-state index is 0.112. The third-order valence-electron chi connectivity index (χ3n) is 2.88. The highest BCUT2D eigenvalue weighted by molar-refractivity contribution is 8.15. The van der Waals surface area contributed by atoms with Gasteiger partial charge in [-0.15, -0.1) is 0 Å². The molecule has 1 amide bonds. The molecule has 0 bridgehead atoms. The zero-order valence-electron chi connectivity index (χ0n) is 9.13. The molecular weight excluding hydrogens is 182 g/mol. The van der Waals surface area contributed by atoms with Gasteiger partial charge >= 0.3 is 0 Å². The Morgan fingerprint density at radius 2 is 1.92 bits per heavy atom. The Hall–Kier alpha value is -0.180. The summed E-state index contributed by atoms with van der Waals surface area (Å²) in [5.41, 5.74) is 0. The fourth-order valence-corrected chi connectivity index (χ4v) is 2.62. The van der Waals surface area contributed by atoms with Gasteiger partial charge in [-0.1, -0.05) is 25.6 Å². The Bertz CT molecular complexity index is 215. The minimum Gasteiger partial charge on any atom is -0.330 e. The van der Waals surface area contributed by atoms with E-state index < -0.39 is 0 Å². The van der Waals surface area contributed by atoms with Gasteiger partial charge in [0.15, 0.2) is 0 Å². The van der Waals surface area contributed by atoms with Crippen molar-refractivity contribution in [1.29, 1.82) is 0 Å². The Morgan fingerprint density at radius 3 is 2.15 bits per heavy atom. The van der Waals surface area contributed by atoms with Gasteiger partial charge in [0.2, 0.25) is 0 Å². The predicted molar refractivity (Wildman–Crippen MR) is 58.1 cm³/mol. The molecule has 0 aromatic carbocycles. The third-order valence-corrected chi connectivity index (χ3v) is 4.36. The fourth-order valence-electron chi connectivity index (χ4n) is 1.39. The first-order chi connectivity index (χ1) is 5.87. The maximum Gasteiger partial charge on any atom is 0.282 e. The second kappa shape index (κ2) is 3.52. The van der Waals surface area contributed by atoms with Crippen LogP contribution in [0.4, 0.5) is 4.79 Å². The second-order valence-corrected chi connectivity index (χ2v) is 6.04. The second-order valence-electron chi connectivity index (χ2n) is 4.56. The van der Waals surface area contributed by atoms with Gasteiger partial charge in [0.05, 0.1) is 0 Å². The summed E-state index contributed by atoms with van der Waals surface area (Å²) in [6.07, 6.45) is 0. The van der Waals surface area contributed by atoms with Crippen LogP contribution in [0.2, 0.25) is 0 Å². The van der Waals surface area contributed by atoms with Crippen LogP contribution in [0.15, 0.2) is 0 Å². The van der Waals surface area contributed by atoms with Crippen molar-refractivity contribution in [2.24, 2.45) is 5.92 Å². The summed E-state index contributed by atoms with van der Waals surface area (Å²) in [7, 11) is 0. The highest BCUT2D eigenvalue weighted by Crippen LogP contribution is 2.41. The Labute approximate surface area is 85.1 Å². The molecule has 13 heavy (non-hydrogen) atoms. The van der Waals surface area contributed by atoms with Crippen LogP contribution in [0, 0.1) is 5.92 Å². The van der Waals surface area contributed by atoms with E-state index in [1.807, 2.05) is 4.90 Å². The Balaban J connectivity index is 2.75. The summed E-state index contributed by atoms with van der Waals surface area (Å²) < 4.78 is 0.112. The average molecular weight is 201 g/mol. The van der Waals surface area contributed by atoms with Crippen LogP contribution in [0.25, 0.3) is 0 Å². The maximum atomic E-state index is 11.6. The van der Waals surface area contributed by atoms with Crippen molar-refractivity contribution in [3.63, 3.8) is 0 Å². The molecule has 0 saturated carbocycles. The summed E-state index contributed by atoms with van der Waals surface area (Å²) in [5, 5.41) is 0.242. The van der Waals surface area contributed by atoms with E-state index in [1.165, 1.54) is 11.8 Å². The molecule has 1 heterocycles. The third kappa shape index (κ3) is 2.01. The quantitative estimate of drug-likeness (QED) is 0.684. The van der Waals surface area contributed by atoms with E-state index >= 15 is 0 Å². The van der Waals surface area contributed by atoms with Crippen LogP contribution in [0.1, 0.15) is 34.6 Å². The topological polar surface area (TPSA) is 20.3 Å². The van der Waals surface area contributed by atoms with Gasteiger partial charge in [0.1, 0.15) is 0 Å². The fraction of sp³-hybridized carbons (Fsp3) is 0.900. The highest BCUT2D eigenvalue weighted by Gasteiger charge is 2.43. The number of nitrogens with zero attached hydrogens (tertiary/aromatic N) is 1. The van der Waals surface area contributed by atoms with Crippen molar-refractivity contribution in [3.8, 4) is 0 Å². The Morgan fingerprint density at radius 1 is 1.38 bits per heavy atom. The molecule has 0 aliphatic carbocycles. The van der Waals surface area contributed by atoms with Gasteiger partial charge in [0.25, 0.3) is 5.24 Å². The summed E-state index contributed by atoms with van der Waals surface area (Å²) in [6, 6.07) is 0.334. The number of amides is 1. The number of carbonyl (C=O) groups is 1. The van der Waals surface area contributed by atoms with Crippen molar-refractivity contribution in [2.45, 2.75) is 45.4 Å². The van der Waals surface area contributed by atoms with E-state index in [4.69, 9.17) is 0 Å². The first kappa shape index (κ1) is 10.9. The first-order valence-corrected chi connectivity index (χ1v) is 5.68. The number of hydrogen-bond acceptors (Lipinski definition) is 2. The van der Waals surface area contributed by atoms with E-state index in [2.05, 4.69) is 34.6 Å². The van der Waals surface area contributed by atoms with E-state index in [0.717, 1.165) is 6.54 Å². The van der Waals surface area contributed by atoms with Crippen molar-refractivity contribution in [1.82, 2.24) is 4.90 Å². The molecule has 1 fully saturated rings. The smallest absolute Gasteiger partial charge is 0.282 e. The SMILES string of the molecule is CC(C)N1CC(C)(C(C)C)SC1=O. The zero-order valence-corrected chi connectivity index (χ0v) is 9.94. The molecule has 0 spiro atoms. The molecule has 1 saturated heterocycles. The van der Waals surface area contributed by atoms with Crippen molar-refractivity contribution in [2.75, 3.05) is 6.54 Å². The standard InChI is InChI=1S/C10H19NOS/c1-7(2)10(5)6-11(8(3)4)9(12)13-10/h7-8H,6H2,1-5H3. The minimum absolute atomic E-state index is 0.112. The van der Waals surface area contributed by atoms with E-state index in [-0.39, 0.29) is 9.99 Å². The van der Waals surface area contributed by atoms with Crippen LogP contribution in [0.5, 0.6) is 0 Å². The lowest BCUT2D eigenvalue weighted by Crippen LogP contribution is -2.37. The summed E-state index contributed by atoms with van der Waals surface area (Å²) in [5.74, 6) is 0.546. The van der Waals surface area contributed by atoms with Crippen molar-refractivity contribution < 1.29 is 4.79 Å². The van der Waals surface area contributed by atoms with E-state index in [9.17, 15) is 4.79 Å². The number of rotatable bonds is 2. The van der Waals surface area contributed by atoms with Crippen LogP contribution < -0.4 is 0 Å². The molecule has 1 rings (SSSR count). The van der Waals surface area contributed by atoms with Gasteiger partial charge in [0, 0.05) is 17.3 Å². The summed E-state index contributed by atoms with van der Waals surface area (Å²) >= 11 is 1.50. The highest BCUT2D eigenvalue weighted by atomic mass is 32.2. The maximum absolute atomic E-state index is 11.6. The molecule has 1 aliphatic rings. The molecule has 2 nitrogen and oxygen atoms in total. The predicted octanol–water partition coefficient (Wildman–Crippen LogP) is 2.98. The van der Waals surface area contributed by atoms with Gasteiger partial charge < -0.3 is 4.90 Å². The molecule has 76 valence electrons. The molecule has 3 heteroatoms. The molecule has 0 aromatic heterocycles. The molecule has 1 aliphatic heterocycles. The molecule has 0 N–H and O–H groups in total. The Kier molecular flexibility index (Phi) is 2.95. The molecule has 1 unspecified atom stereocenters. The molecule has 0 aromatic rings. The average Bonchev–Trinajstić information content (AvgIpc) is 2.28. The largest absolute Gasteiger partial charge is 0.330 e. The zero-order chi connectivity index (χ0) is 10.2. The summed E-state index contributed by atoms with van der Waals surface area (Å²) in [4.78, 5) is 13.6. The monoisotopic (exact) mass is 201 g/mol. The van der Waals surface area contributed by atoms with E-state index in [0.29, 0.717) is 12.0 Å². The van der Waals surface area contributed by atoms with Gasteiger partial charge in [-0.3, -0.25) is 4.79 Å². The van der Waals surface area contributed by atoms with E-state index in [1.54, 1.807) is 0 Å². The first-order valence-electron chi connectivity index (χ1n) is 4.86. The van der Waals surface area contributed by atoms with Crippen molar-refractivity contribution in [3.05, 3.63) is 0 Å². The normalized spacial score (nSPS) is 29.5. The van der Waals surface area contributed by atoms with Crippen molar-refractivity contribution >= 4 is 17.0 Å². The van der Waals surface area contributed by atoms with Gasteiger partial charge in [-0.2, -0.15) is 0 Å². The van der Waals surface area contributed by atoms with Gasteiger partial charge in [-0.25, -0.2) is 0 Å². The van der Waals surface area contributed by atoms with Crippen LogP contribution in [0.3, 0.4) is 0 Å². The lowest BCUT2D eigenvalue weighted by atomic mass is 9.96. The van der Waals surface area contributed by atoms with Crippen LogP contribution >= 0.6 is 11.8 Å².